The molecule has 18 heavy (non-hydrogen) atoms. The third-order valence-electron chi connectivity index (χ3n) is 2.91. The van der Waals surface area contributed by atoms with Gasteiger partial charge >= 0.3 is 0 Å². The number of benzene rings is 1. The third-order valence-corrected chi connectivity index (χ3v) is 2.91. The highest BCUT2D eigenvalue weighted by atomic mass is 16.5. The number of ether oxygens (including phenoxy) is 1. The topological polar surface area (TPSA) is 52.1 Å². The van der Waals surface area contributed by atoms with Crippen LogP contribution in [0.4, 0.5) is 0 Å². The molecule has 0 saturated heterocycles. The van der Waals surface area contributed by atoms with E-state index in [9.17, 15) is 4.79 Å². The van der Waals surface area contributed by atoms with Crippen molar-refractivity contribution in [3.05, 3.63) is 48.0 Å². The fraction of sp³-hybridized carbons (Fsp3) is 0.214. The molecule has 90 valence electrons. The summed E-state index contributed by atoms with van der Waals surface area (Å²) in [4.78, 5) is 20.8. The molecule has 0 unspecified atom stereocenters. The quantitative estimate of drug-likeness (QED) is 0.757. The summed E-state index contributed by atoms with van der Waals surface area (Å²) in [6.45, 7) is 0.681. The van der Waals surface area contributed by atoms with Gasteiger partial charge in [-0.05, 0) is 25.0 Å². The Kier molecular flexibility index (Phi) is 2.76. The van der Waals surface area contributed by atoms with E-state index in [0.717, 1.165) is 23.9 Å². The fourth-order valence-corrected chi connectivity index (χ4v) is 1.96. The van der Waals surface area contributed by atoms with Crippen LogP contribution in [-0.2, 0) is 4.74 Å². The molecule has 1 aromatic carbocycles. The van der Waals surface area contributed by atoms with Crippen molar-refractivity contribution < 1.29 is 9.53 Å². The average molecular weight is 240 g/mol. The van der Waals surface area contributed by atoms with Crippen molar-refractivity contribution in [2.24, 2.45) is 0 Å². The van der Waals surface area contributed by atoms with Crippen molar-refractivity contribution >= 4 is 16.8 Å². The summed E-state index contributed by atoms with van der Waals surface area (Å²) in [6.07, 6.45) is 4.69. The average Bonchev–Trinajstić information content (AvgIpc) is 2.47. The molecular formula is C14H12N2O2. The van der Waals surface area contributed by atoms with Crippen LogP contribution in [0.25, 0.3) is 11.0 Å². The monoisotopic (exact) mass is 240 g/mol. The van der Waals surface area contributed by atoms with Crippen LogP contribution in [0, 0.1) is 0 Å². The van der Waals surface area contributed by atoms with Crippen LogP contribution in [0.15, 0.2) is 42.3 Å². The molecule has 4 heteroatoms. The number of carbonyl (C=O) groups excluding carboxylic acids is 1. The Morgan fingerprint density at radius 3 is 2.83 bits per heavy atom. The van der Waals surface area contributed by atoms with E-state index in [1.165, 1.54) is 6.20 Å². The van der Waals surface area contributed by atoms with E-state index in [1.807, 2.05) is 24.3 Å². The highest BCUT2D eigenvalue weighted by Crippen LogP contribution is 2.17. The lowest BCUT2D eigenvalue weighted by Gasteiger charge is -2.12. The minimum Gasteiger partial charge on any atom is -0.501 e. The van der Waals surface area contributed by atoms with E-state index < -0.39 is 0 Å². The zero-order valence-electron chi connectivity index (χ0n) is 9.80. The van der Waals surface area contributed by atoms with Gasteiger partial charge in [-0.15, -0.1) is 0 Å². The van der Waals surface area contributed by atoms with Gasteiger partial charge in [0.15, 0.2) is 0 Å². The summed E-state index contributed by atoms with van der Waals surface area (Å²) in [5.41, 5.74) is 2.58. The molecule has 1 aromatic heterocycles. The van der Waals surface area contributed by atoms with E-state index >= 15 is 0 Å². The predicted molar refractivity (Wildman–Crippen MR) is 67.1 cm³/mol. The van der Waals surface area contributed by atoms with Crippen molar-refractivity contribution in [3.8, 4) is 0 Å². The zero-order chi connectivity index (χ0) is 12.4. The van der Waals surface area contributed by atoms with Crippen LogP contribution in [-0.4, -0.2) is 22.4 Å². The Hall–Kier alpha value is -2.23. The summed E-state index contributed by atoms with van der Waals surface area (Å²) < 4.78 is 5.18. The third kappa shape index (κ3) is 1.97. The maximum absolute atomic E-state index is 12.2. The number of fused-ring (bicyclic) bond motifs is 1. The van der Waals surface area contributed by atoms with E-state index in [1.54, 1.807) is 6.26 Å². The number of ketones is 1. The molecule has 4 nitrogen and oxygen atoms in total. The molecule has 0 aliphatic carbocycles. The first-order chi connectivity index (χ1) is 8.84. The highest BCUT2D eigenvalue weighted by molar-refractivity contribution is 6.07. The molecule has 0 fully saturated rings. The lowest BCUT2D eigenvalue weighted by molar-refractivity contribution is 0.100. The number of nitrogens with zero attached hydrogens (tertiary/aromatic N) is 2. The molecule has 0 bridgehead atoms. The van der Waals surface area contributed by atoms with E-state index in [-0.39, 0.29) is 5.78 Å². The normalized spacial score (nSPS) is 15.0. The molecule has 1 aliphatic rings. The Bertz CT molecular complexity index is 634. The lowest BCUT2D eigenvalue weighted by atomic mass is 10.0. The molecule has 0 amide bonds. The van der Waals surface area contributed by atoms with Crippen molar-refractivity contribution in [1.82, 2.24) is 9.97 Å². The number of rotatable bonds is 2. The maximum Gasteiger partial charge on any atom is 0.212 e. The van der Waals surface area contributed by atoms with Gasteiger partial charge in [0.25, 0.3) is 0 Å². The molecule has 0 saturated carbocycles. The minimum atomic E-state index is -0.0899. The zero-order valence-corrected chi connectivity index (χ0v) is 9.80. The fourth-order valence-electron chi connectivity index (χ4n) is 1.96. The lowest BCUT2D eigenvalue weighted by Crippen LogP contribution is -2.11. The van der Waals surface area contributed by atoms with Gasteiger partial charge in [-0.25, -0.2) is 4.98 Å². The Morgan fingerprint density at radius 2 is 2.06 bits per heavy atom. The number of para-hydroxylation sites is 2. The van der Waals surface area contributed by atoms with Crippen molar-refractivity contribution in [3.63, 3.8) is 0 Å². The summed E-state index contributed by atoms with van der Waals surface area (Å²) >= 11 is 0. The molecule has 0 radical (unpaired) electrons. The van der Waals surface area contributed by atoms with Crippen molar-refractivity contribution in [2.45, 2.75) is 12.8 Å². The van der Waals surface area contributed by atoms with Gasteiger partial charge in [-0.3, -0.25) is 9.78 Å². The van der Waals surface area contributed by atoms with Crippen LogP contribution >= 0.6 is 0 Å². The summed E-state index contributed by atoms with van der Waals surface area (Å²) in [5.74, 6) is -0.0899. The first-order valence-corrected chi connectivity index (χ1v) is 5.92. The molecule has 2 heterocycles. The van der Waals surface area contributed by atoms with Crippen molar-refractivity contribution in [2.75, 3.05) is 6.61 Å². The van der Waals surface area contributed by atoms with Crippen LogP contribution in [0.5, 0.6) is 0 Å². The molecule has 0 spiro atoms. The standard InChI is InChI=1S/C14H12N2O2/c17-14(10-4-3-7-18-9-10)13-8-15-11-5-1-2-6-12(11)16-13/h1-2,5-6,8-9H,3-4,7H2. The Morgan fingerprint density at radius 1 is 1.22 bits per heavy atom. The first kappa shape index (κ1) is 10.9. The molecular weight excluding hydrogens is 228 g/mol. The summed E-state index contributed by atoms with van der Waals surface area (Å²) in [7, 11) is 0. The number of hydrogen-bond acceptors (Lipinski definition) is 4. The van der Waals surface area contributed by atoms with Gasteiger partial charge in [0, 0.05) is 5.57 Å². The van der Waals surface area contributed by atoms with Gasteiger partial charge in [0.05, 0.1) is 30.1 Å². The van der Waals surface area contributed by atoms with Crippen molar-refractivity contribution in [1.29, 1.82) is 0 Å². The first-order valence-electron chi connectivity index (χ1n) is 5.92. The molecule has 1 aliphatic heterocycles. The maximum atomic E-state index is 12.2. The van der Waals surface area contributed by atoms with Gasteiger partial charge < -0.3 is 4.74 Å². The number of hydrogen-bond donors (Lipinski definition) is 0. The molecule has 0 atom stereocenters. The number of allylic oxidation sites excluding steroid dienone is 1. The van der Waals surface area contributed by atoms with Gasteiger partial charge in [0.1, 0.15) is 5.69 Å². The predicted octanol–water partition coefficient (Wildman–Crippen LogP) is 2.51. The summed E-state index contributed by atoms with van der Waals surface area (Å²) in [6, 6.07) is 7.51. The second-order valence-electron chi connectivity index (χ2n) is 4.19. The van der Waals surface area contributed by atoms with Gasteiger partial charge in [-0.2, -0.15) is 0 Å². The van der Waals surface area contributed by atoms with Gasteiger partial charge in [0.2, 0.25) is 5.78 Å². The van der Waals surface area contributed by atoms with Gasteiger partial charge in [-0.1, -0.05) is 12.1 Å². The molecule has 2 aromatic rings. The number of Topliss-reactive ketones (excluding diaryl/α,β-unsaturated/α-hetero) is 1. The largest absolute Gasteiger partial charge is 0.501 e. The van der Waals surface area contributed by atoms with E-state index in [2.05, 4.69) is 9.97 Å². The second kappa shape index (κ2) is 4.56. The van der Waals surface area contributed by atoms with E-state index in [0.29, 0.717) is 17.9 Å². The van der Waals surface area contributed by atoms with Crippen LogP contribution < -0.4 is 0 Å². The second-order valence-corrected chi connectivity index (χ2v) is 4.19. The molecule has 3 rings (SSSR count). The van der Waals surface area contributed by atoms with Crippen LogP contribution in [0.1, 0.15) is 23.3 Å². The minimum absolute atomic E-state index is 0.0899. The number of carbonyl (C=O) groups is 1. The highest BCUT2D eigenvalue weighted by Gasteiger charge is 2.17. The molecule has 0 N–H and O–H groups in total. The Balaban J connectivity index is 1.98. The van der Waals surface area contributed by atoms with Crippen LogP contribution in [0.3, 0.4) is 0 Å². The summed E-state index contributed by atoms with van der Waals surface area (Å²) in [5, 5.41) is 0. The Labute approximate surface area is 104 Å². The SMILES string of the molecule is O=C(C1=COCCC1)c1cnc2ccccc2n1. The van der Waals surface area contributed by atoms with E-state index in [4.69, 9.17) is 4.74 Å². The number of aromatic nitrogens is 2. The smallest absolute Gasteiger partial charge is 0.212 e. The van der Waals surface area contributed by atoms with Crippen LogP contribution in [0.2, 0.25) is 0 Å².